The number of benzene rings is 1. The van der Waals surface area contributed by atoms with Gasteiger partial charge in [0.2, 0.25) is 0 Å². The zero-order chi connectivity index (χ0) is 11.5. The average molecular weight is 222 g/mol. The molecule has 1 aromatic rings. The quantitative estimate of drug-likeness (QED) is 0.787. The van der Waals surface area contributed by atoms with Crippen molar-refractivity contribution in [3.63, 3.8) is 0 Å². The Hall–Kier alpha value is -1.42. The lowest BCUT2D eigenvalue weighted by molar-refractivity contribution is 0.121. The Bertz CT molecular complexity index is 368. The van der Waals surface area contributed by atoms with Crippen LogP contribution >= 0.6 is 0 Å². The van der Waals surface area contributed by atoms with Crippen molar-refractivity contribution in [2.24, 2.45) is 0 Å². The molecule has 16 heavy (non-hydrogen) atoms. The first-order chi connectivity index (χ1) is 7.74. The van der Waals surface area contributed by atoms with Gasteiger partial charge in [0.1, 0.15) is 5.75 Å². The van der Waals surface area contributed by atoms with E-state index in [1.165, 1.54) is 0 Å². The molecule has 1 atom stereocenters. The Labute approximate surface area is 95.9 Å². The van der Waals surface area contributed by atoms with Gasteiger partial charge in [-0.3, -0.25) is 0 Å². The maximum absolute atomic E-state index is 5.73. The number of anilines is 2. The smallest absolute Gasteiger partial charge is 0.144 e. The zero-order valence-electron chi connectivity index (χ0n) is 9.77. The van der Waals surface area contributed by atoms with Crippen molar-refractivity contribution in [1.29, 1.82) is 0 Å². The number of hydrogen-bond donors (Lipinski definition) is 1. The topological polar surface area (TPSA) is 47.7 Å². The maximum atomic E-state index is 5.73. The van der Waals surface area contributed by atoms with Crippen molar-refractivity contribution < 1.29 is 9.47 Å². The lowest BCUT2D eigenvalue weighted by atomic mass is 10.2. The molecule has 2 rings (SSSR count). The van der Waals surface area contributed by atoms with Crippen LogP contribution in [0.2, 0.25) is 0 Å². The van der Waals surface area contributed by atoms with Gasteiger partial charge in [0.15, 0.2) is 0 Å². The number of ether oxygens (including phenoxy) is 2. The molecule has 1 saturated heterocycles. The summed E-state index contributed by atoms with van der Waals surface area (Å²) in [7, 11) is 3.43. The van der Waals surface area contributed by atoms with E-state index < -0.39 is 0 Å². The first kappa shape index (κ1) is 11.1. The number of nitrogens with two attached hydrogens (primary N) is 1. The van der Waals surface area contributed by atoms with Crippen LogP contribution in [0.3, 0.4) is 0 Å². The first-order valence-electron chi connectivity index (χ1n) is 5.46. The van der Waals surface area contributed by atoms with Gasteiger partial charge in [-0.1, -0.05) is 0 Å². The molecule has 0 unspecified atom stereocenters. The van der Waals surface area contributed by atoms with E-state index in [0.29, 0.717) is 6.10 Å². The fourth-order valence-electron chi connectivity index (χ4n) is 2.09. The second-order valence-electron chi connectivity index (χ2n) is 4.02. The number of nitrogens with zero attached hydrogens (tertiary/aromatic N) is 1. The highest BCUT2D eigenvalue weighted by atomic mass is 16.5. The molecule has 0 aromatic heterocycles. The fourth-order valence-corrected chi connectivity index (χ4v) is 2.09. The fraction of sp³-hybridized carbons (Fsp3) is 0.500. The Morgan fingerprint density at radius 3 is 2.81 bits per heavy atom. The summed E-state index contributed by atoms with van der Waals surface area (Å²) in [5, 5.41) is 0. The van der Waals surface area contributed by atoms with Crippen LogP contribution < -0.4 is 15.4 Å². The zero-order valence-corrected chi connectivity index (χ0v) is 9.77. The van der Waals surface area contributed by atoms with E-state index in [1.54, 1.807) is 14.2 Å². The van der Waals surface area contributed by atoms with Crippen LogP contribution in [0.4, 0.5) is 11.4 Å². The van der Waals surface area contributed by atoms with Gasteiger partial charge in [0, 0.05) is 32.0 Å². The molecule has 0 saturated carbocycles. The predicted molar refractivity (Wildman–Crippen MR) is 65.0 cm³/mol. The highest BCUT2D eigenvalue weighted by molar-refractivity contribution is 5.64. The molecular formula is C12H18N2O2. The van der Waals surface area contributed by atoms with Crippen LogP contribution in [0.5, 0.6) is 5.75 Å². The molecule has 0 bridgehead atoms. The van der Waals surface area contributed by atoms with E-state index >= 15 is 0 Å². The molecule has 0 amide bonds. The van der Waals surface area contributed by atoms with Crippen LogP contribution in [-0.4, -0.2) is 33.4 Å². The van der Waals surface area contributed by atoms with E-state index in [9.17, 15) is 0 Å². The van der Waals surface area contributed by atoms with Crippen LogP contribution in [0.15, 0.2) is 18.2 Å². The van der Waals surface area contributed by atoms with E-state index in [2.05, 4.69) is 4.90 Å². The SMILES string of the molecule is COc1cc(N)ccc1N1CC[C@@H](OC)C1. The third kappa shape index (κ3) is 2.07. The summed E-state index contributed by atoms with van der Waals surface area (Å²) >= 11 is 0. The minimum absolute atomic E-state index is 0.322. The van der Waals surface area contributed by atoms with Crippen molar-refractivity contribution in [2.75, 3.05) is 37.9 Å². The molecule has 1 heterocycles. The van der Waals surface area contributed by atoms with Crippen molar-refractivity contribution in [3.05, 3.63) is 18.2 Å². The first-order valence-corrected chi connectivity index (χ1v) is 5.46. The Morgan fingerprint density at radius 1 is 1.38 bits per heavy atom. The Kier molecular flexibility index (Phi) is 3.19. The standard InChI is InChI=1S/C12H18N2O2/c1-15-10-5-6-14(8-10)11-4-3-9(13)7-12(11)16-2/h3-4,7,10H,5-6,8,13H2,1-2H3/t10-/m1/s1. The van der Waals surface area contributed by atoms with Gasteiger partial charge in [0.05, 0.1) is 18.9 Å². The molecule has 1 aliphatic rings. The van der Waals surface area contributed by atoms with E-state index in [0.717, 1.165) is 36.6 Å². The number of hydrogen-bond acceptors (Lipinski definition) is 4. The second kappa shape index (κ2) is 4.61. The van der Waals surface area contributed by atoms with Gasteiger partial charge in [-0.25, -0.2) is 0 Å². The highest BCUT2D eigenvalue weighted by Crippen LogP contribution is 2.32. The van der Waals surface area contributed by atoms with Crippen molar-refractivity contribution in [3.8, 4) is 5.75 Å². The van der Waals surface area contributed by atoms with Crippen molar-refractivity contribution in [1.82, 2.24) is 0 Å². The molecule has 0 aliphatic carbocycles. The molecule has 88 valence electrons. The monoisotopic (exact) mass is 222 g/mol. The lowest BCUT2D eigenvalue weighted by Crippen LogP contribution is -2.22. The summed E-state index contributed by atoms with van der Waals surface area (Å²) in [6.07, 6.45) is 1.38. The van der Waals surface area contributed by atoms with Crippen LogP contribution in [-0.2, 0) is 4.74 Å². The molecule has 1 aromatic carbocycles. The molecule has 4 nitrogen and oxygen atoms in total. The van der Waals surface area contributed by atoms with E-state index in [1.807, 2.05) is 18.2 Å². The summed E-state index contributed by atoms with van der Waals surface area (Å²) < 4.78 is 10.7. The third-order valence-corrected chi connectivity index (χ3v) is 3.02. The summed E-state index contributed by atoms with van der Waals surface area (Å²) in [6.45, 7) is 1.91. The molecule has 0 spiro atoms. The minimum atomic E-state index is 0.322. The number of methoxy groups -OCH3 is 2. The molecular weight excluding hydrogens is 204 g/mol. The third-order valence-electron chi connectivity index (χ3n) is 3.02. The van der Waals surface area contributed by atoms with Crippen LogP contribution in [0.1, 0.15) is 6.42 Å². The van der Waals surface area contributed by atoms with Crippen molar-refractivity contribution >= 4 is 11.4 Å². The molecule has 1 aliphatic heterocycles. The molecule has 4 heteroatoms. The lowest BCUT2D eigenvalue weighted by Gasteiger charge is -2.21. The van der Waals surface area contributed by atoms with Gasteiger partial charge in [-0.2, -0.15) is 0 Å². The summed E-state index contributed by atoms with van der Waals surface area (Å²) in [4.78, 5) is 2.27. The molecule has 1 fully saturated rings. The van der Waals surface area contributed by atoms with Gasteiger partial charge in [0.25, 0.3) is 0 Å². The summed E-state index contributed by atoms with van der Waals surface area (Å²) in [6, 6.07) is 5.76. The van der Waals surface area contributed by atoms with E-state index in [-0.39, 0.29) is 0 Å². The second-order valence-corrected chi connectivity index (χ2v) is 4.02. The maximum Gasteiger partial charge on any atom is 0.144 e. The number of rotatable bonds is 3. The predicted octanol–water partition coefficient (Wildman–Crippen LogP) is 1.50. The Balaban J connectivity index is 2.20. The molecule has 2 N–H and O–H groups in total. The molecule has 0 radical (unpaired) electrons. The van der Waals surface area contributed by atoms with Gasteiger partial charge in [-0.15, -0.1) is 0 Å². The largest absolute Gasteiger partial charge is 0.495 e. The normalized spacial score (nSPS) is 20.1. The average Bonchev–Trinajstić information content (AvgIpc) is 2.77. The van der Waals surface area contributed by atoms with E-state index in [4.69, 9.17) is 15.2 Å². The highest BCUT2D eigenvalue weighted by Gasteiger charge is 2.24. The minimum Gasteiger partial charge on any atom is -0.495 e. The van der Waals surface area contributed by atoms with Gasteiger partial charge < -0.3 is 20.1 Å². The Morgan fingerprint density at radius 2 is 2.19 bits per heavy atom. The van der Waals surface area contributed by atoms with Crippen LogP contribution in [0.25, 0.3) is 0 Å². The van der Waals surface area contributed by atoms with Gasteiger partial charge >= 0.3 is 0 Å². The number of nitrogen functional groups attached to an aromatic ring is 1. The summed E-state index contributed by atoms with van der Waals surface area (Å²) in [5.74, 6) is 0.830. The van der Waals surface area contributed by atoms with Crippen LogP contribution in [0, 0.1) is 0 Å². The van der Waals surface area contributed by atoms with Crippen molar-refractivity contribution in [2.45, 2.75) is 12.5 Å². The van der Waals surface area contributed by atoms with Gasteiger partial charge in [-0.05, 0) is 18.6 Å². The summed E-state index contributed by atoms with van der Waals surface area (Å²) in [5.41, 5.74) is 7.55.